The van der Waals surface area contributed by atoms with Crippen molar-refractivity contribution in [1.82, 2.24) is 4.98 Å². The van der Waals surface area contributed by atoms with Gasteiger partial charge in [-0.25, -0.2) is 4.98 Å². The van der Waals surface area contributed by atoms with Gasteiger partial charge in [0, 0.05) is 19.6 Å². The second-order valence-electron chi connectivity index (χ2n) is 6.91. The van der Waals surface area contributed by atoms with Gasteiger partial charge >= 0.3 is 0 Å². The van der Waals surface area contributed by atoms with Gasteiger partial charge in [0.25, 0.3) is 0 Å². The van der Waals surface area contributed by atoms with Crippen LogP contribution in [0.1, 0.15) is 18.4 Å². The minimum Gasteiger partial charge on any atom is -0.493 e. The minimum atomic E-state index is 0. The zero-order valence-corrected chi connectivity index (χ0v) is 17.6. The third-order valence-corrected chi connectivity index (χ3v) is 5.82. The zero-order valence-electron chi connectivity index (χ0n) is 16.0. The van der Waals surface area contributed by atoms with Crippen molar-refractivity contribution in [3.8, 4) is 11.5 Å². The first-order valence-corrected chi connectivity index (χ1v) is 10.2. The lowest BCUT2D eigenvalue weighted by Crippen LogP contribution is -2.28. The summed E-state index contributed by atoms with van der Waals surface area (Å²) in [4.78, 5) is 7.00. The van der Waals surface area contributed by atoms with Gasteiger partial charge in [-0.3, -0.25) is 0 Å². The van der Waals surface area contributed by atoms with E-state index in [1.165, 1.54) is 17.5 Å². The molecule has 2 N–H and O–H groups in total. The Bertz CT molecular complexity index is 881. The van der Waals surface area contributed by atoms with E-state index >= 15 is 0 Å². The number of aromatic nitrogens is 1. The smallest absolute Gasteiger partial charge is 0.186 e. The first kappa shape index (κ1) is 20.7. The lowest BCUT2D eigenvalue weighted by Gasteiger charge is -2.22. The summed E-state index contributed by atoms with van der Waals surface area (Å²) < 4.78 is 12.7. The Kier molecular flexibility index (Phi) is 6.99. The molecule has 0 aliphatic heterocycles. The molecular weight excluding hydrogens is 394 g/mol. The fraction of sp³-hybridized carbons (Fsp3) is 0.381. The van der Waals surface area contributed by atoms with Crippen LogP contribution in [-0.2, 0) is 6.54 Å². The molecule has 0 radical (unpaired) electrons. The van der Waals surface area contributed by atoms with Crippen LogP contribution in [0.15, 0.2) is 42.5 Å². The predicted octanol–water partition coefficient (Wildman–Crippen LogP) is 4.48. The van der Waals surface area contributed by atoms with E-state index in [2.05, 4.69) is 23.1 Å². The zero-order chi connectivity index (χ0) is 18.6. The molecule has 3 aromatic rings. The molecule has 0 saturated heterocycles. The number of rotatable bonds is 9. The minimum absolute atomic E-state index is 0. The van der Waals surface area contributed by atoms with Gasteiger partial charge < -0.3 is 20.1 Å². The molecule has 1 aromatic heterocycles. The van der Waals surface area contributed by atoms with Crippen molar-refractivity contribution in [1.29, 1.82) is 0 Å². The molecule has 1 saturated carbocycles. The van der Waals surface area contributed by atoms with E-state index in [1.54, 1.807) is 18.4 Å². The molecule has 1 heterocycles. The van der Waals surface area contributed by atoms with Crippen LogP contribution in [0, 0.1) is 5.92 Å². The number of para-hydroxylation sites is 1. The number of nitrogens with zero attached hydrogens (tertiary/aromatic N) is 2. The number of halogens is 1. The van der Waals surface area contributed by atoms with Crippen LogP contribution in [0.5, 0.6) is 11.5 Å². The molecular formula is C21H26ClN3O2S. The van der Waals surface area contributed by atoms with Crippen molar-refractivity contribution in [3.63, 3.8) is 0 Å². The van der Waals surface area contributed by atoms with Crippen LogP contribution in [0.2, 0.25) is 0 Å². The second-order valence-corrected chi connectivity index (χ2v) is 7.92. The molecule has 0 bridgehead atoms. The highest BCUT2D eigenvalue weighted by atomic mass is 35.5. The van der Waals surface area contributed by atoms with Crippen molar-refractivity contribution in [2.75, 3.05) is 31.7 Å². The third-order valence-electron chi connectivity index (χ3n) is 4.73. The first-order chi connectivity index (χ1) is 13.3. The third kappa shape index (κ3) is 4.87. The number of methoxy groups -OCH3 is 1. The van der Waals surface area contributed by atoms with E-state index in [9.17, 15) is 0 Å². The Morgan fingerprint density at radius 2 is 2.00 bits per heavy atom. The number of fused-ring (bicyclic) bond motifs is 1. The van der Waals surface area contributed by atoms with Crippen LogP contribution >= 0.6 is 23.7 Å². The van der Waals surface area contributed by atoms with E-state index < -0.39 is 0 Å². The number of hydrogen-bond donors (Lipinski definition) is 1. The number of nitrogens with two attached hydrogens (primary N) is 1. The first-order valence-electron chi connectivity index (χ1n) is 9.37. The second kappa shape index (κ2) is 9.45. The van der Waals surface area contributed by atoms with Crippen molar-refractivity contribution in [3.05, 3.63) is 48.0 Å². The van der Waals surface area contributed by atoms with Crippen LogP contribution in [-0.4, -0.2) is 31.8 Å². The summed E-state index contributed by atoms with van der Waals surface area (Å²) in [6.45, 7) is 2.84. The maximum atomic E-state index is 5.92. The fourth-order valence-corrected chi connectivity index (χ4v) is 4.03. The lowest BCUT2D eigenvalue weighted by atomic mass is 10.2. The van der Waals surface area contributed by atoms with Gasteiger partial charge in [0.15, 0.2) is 16.6 Å². The van der Waals surface area contributed by atoms with E-state index in [4.69, 9.17) is 20.2 Å². The largest absolute Gasteiger partial charge is 0.493 e. The molecule has 0 spiro atoms. The maximum absolute atomic E-state index is 5.92. The molecule has 4 rings (SSSR count). The number of thiazole rings is 1. The summed E-state index contributed by atoms with van der Waals surface area (Å²) in [6.07, 6.45) is 2.55. The Labute approximate surface area is 175 Å². The summed E-state index contributed by atoms with van der Waals surface area (Å²) in [7, 11) is 1.69. The molecule has 1 aliphatic carbocycles. The van der Waals surface area contributed by atoms with Gasteiger partial charge in [0.2, 0.25) is 0 Å². The molecule has 0 unspecified atom stereocenters. The molecule has 28 heavy (non-hydrogen) atoms. The highest BCUT2D eigenvalue weighted by Crippen LogP contribution is 2.34. The molecule has 0 amide bonds. The molecule has 2 aromatic carbocycles. The molecule has 0 atom stereocenters. The summed E-state index contributed by atoms with van der Waals surface area (Å²) in [6, 6.07) is 14.4. The van der Waals surface area contributed by atoms with Gasteiger partial charge in [-0.05, 0) is 48.6 Å². The van der Waals surface area contributed by atoms with Crippen LogP contribution in [0.4, 0.5) is 5.13 Å². The monoisotopic (exact) mass is 419 g/mol. The van der Waals surface area contributed by atoms with Crippen molar-refractivity contribution < 1.29 is 9.47 Å². The van der Waals surface area contributed by atoms with E-state index in [-0.39, 0.29) is 12.4 Å². The van der Waals surface area contributed by atoms with E-state index in [0.717, 1.165) is 47.4 Å². The number of benzene rings is 2. The maximum Gasteiger partial charge on any atom is 0.186 e. The highest BCUT2D eigenvalue weighted by Gasteiger charge is 2.22. The van der Waals surface area contributed by atoms with Crippen molar-refractivity contribution >= 4 is 39.1 Å². The van der Waals surface area contributed by atoms with Crippen molar-refractivity contribution in [2.24, 2.45) is 11.7 Å². The summed E-state index contributed by atoms with van der Waals surface area (Å²) >= 11 is 1.70. The summed E-state index contributed by atoms with van der Waals surface area (Å²) in [5, 5.41) is 0.995. The lowest BCUT2D eigenvalue weighted by molar-refractivity contribution is 0.280. The van der Waals surface area contributed by atoms with Crippen LogP contribution in [0.25, 0.3) is 10.2 Å². The average molecular weight is 420 g/mol. The van der Waals surface area contributed by atoms with Crippen LogP contribution in [0.3, 0.4) is 0 Å². The summed E-state index contributed by atoms with van der Waals surface area (Å²) in [5.41, 5.74) is 8.04. The van der Waals surface area contributed by atoms with E-state index in [1.807, 2.05) is 24.3 Å². The predicted molar refractivity (Wildman–Crippen MR) is 118 cm³/mol. The standard InChI is InChI=1S/C21H25N3O2S.ClH/c1-25-19-12-16(8-9-18(19)26-14-15-6-7-15)13-24(11-10-22)21-23-17-4-2-3-5-20(17)27-21;/h2-5,8-9,12,15H,6-7,10-11,13-14,22H2,1H3;1H. The van der Waals surface area contributed by atoms with Gasteiger partial charge in [-0.1, -0.05) is 29.5 Å². The average Bonchev–Trinajstić information content (AvgIpc) is 3.42. The van der Waals surface area contributed by atoms with Crippen molar-refractivity contribution in [2.45, 2.75) is 19.4 Å². The van der Waals surface area contributed by atoms with Gasteiger partial charge in [-0.15, -0.1) is 12.4 Å². The molecule has 5 nitrogen and oxygen atoms in total. The van der Waals surface area contributed by atoms with Crippen LogP contribution < -0.4 is 20.1 Å². The number of anilines is 1. The van der Waals surface area contributed by atoms with E-state index in [0.29, 0.717) is 12.5 Å². The molecule has 150 valence electrons. The topological polar surface area (TPSA) is 60.6 Å². The quantitative estimate of drug-likeness (QED) is 0.554. The molecule has 1 aliphatic rings. The highest BCUT2D eigenvalue weighted by molar-refractivity contribution is 7.22. The van der Waals surface area contributed by atoms with Gasteiger partial charge in [0.05, 0.1) is 23.9 Å². The number of hydrogen-bond acceptors (Lipinski definition) is 6. The summed E-state index contributed by atoms with van der Waals surface area (Å²) in [5.74, 6) is 2.32. The van der Waals surface area contributed by atoms with Gasteiger partial charge in [-0.2, -0.15) is 0 Å². The Hall–Kier alpha value is -2.02. The normalized spacial score (nSPS) is 13.2. The Balaban J connectivity index is 0.00000225. The van der Waals surface area contributed by atoms with Gasteiger partial charge in [0.1, 0.15) is 0 Å². The fourth-order valence-electron chi connectivity index (χ4n) is 3.04. The number of ether oxygens (including phenoxy) is 2. The Morgan fingerprint density at radius 3 is 2.71 bits per heavy atom. The SMILES string of the molecule is COc1cc(CN(CCN)c2nc3ccccc3s2)ccc1OCC1CC1.Cl. The Morgan fingerprint density at radius 1 is 1.18 bits per heavy atom. The molecule has 1 fully saturated rings. The molecule has 7 heteroatoms.